The minimum absolute atomic E-state index is 0.462. The molecule has 0 fully saturated rings. The van der Waals surface area contributed by atoms with Gasteiger partial charge in [0.2, 0.25) is 5.95 Å². The van der Waals surface area contributed by atoms with Crippen molar-refractivity contribution >= 4 is 21.8 Å². The van der Waals surface area contributed by atoms with E-state index >= 15 is 0 Å². The molecule has 0 radical (unpaired) electrons. The van der Waals surface area contributed by atoms with Gasteiger partial charge < -0.3 is 0 Å². The monoisotopic (exact) mass is 714 g/mol. The van der Waals surface area contributed by atoms with Gasteiger partial charge in [-0.05, 0) is 68.8 Å². The highest BCUT2D eigenvalue weighted by Gasteiger charge is 2.46. The van der Waals surface area contributed by atoms with Crippen molar-refractivity contribution in [3.63, 3.8) is 0 Å². The van der Waals surface area contributed by atoms with E-state index in [0.29, 0.717) is 17.6 Å². The maximum Gasteiger partial charge on any atom is 0.238 e. The SMILES string of the molecule is c1ccc(-c2nc(-c3ccccc3)nc(-n3c4ccccc4c4cc(-c5ccc6c(c5)C(c5ccccc5)(c5ccccc5)c5ccccc5-6)ccc43)n2)cc1. The second-order valence-corrected chi connectivity index (χ2v) is 14.4. The summed E-state index contributed by atoms with van der Waals surface area (Å²) >= 11 is 0. The molecule has 0 saturated carbocycles. The lowest BCUT2D eigenvalue weighted by Crippen LogP contribution is -2.28. The van der Waals surface area contributed by atoms with Crippen LogP contribution >= 0.6 is 0 Å². The van der Waals surface area contributed by atoms with Gasteiger partial charge >= 0.3 is 0 Å². The van der Waals surface area contributed by atoms with Crippen LogP contribution in [0.3, 0.4) is 0 Å². The highest BCUT2D eigenvalue weighted by molar-refractivity contribution is 6.10. The van der Waals surface area contributed by atoms with Gasteiger partial charge in [-0.3, -0.25) is 4.57 Å². The third-order valence-electron chi connectivity index (χ3n) is 11.4. The van der Waals surface area contributed by atoms with Crippen molar-refractivity contribution in [2.24, 2.45) is 0 Å². The van der Waals surface area contributed by atoms with Crippen molar-refractivity contribution in [3.05, 3.63) is 229 Å². The Morgan fingerprint density at radius 1 is 0.339 bits per heavy atom. The third kappa shape index (κ3) is 4.89. The second kappa shape index (κ2) is 12.9. The summed E-state index contributed by atoms with van der Waals surface area (Å²) < 4.78 is 2.18. The van der Waals surface area contributed by atoms with Gasteiger partial charge in [-0.15, -0.1) is 0 Å². The van der Waals surface area contributed by atoms with Crippen LogP contribution < -0.4 is 0 Å². The molecular weight excluding hydrogens is 681 g/mol. The van der Waals surface area contributed by atoms with Crippen LogP contribution in [0.5, 0.6) is 0 Å². The van der Waals surface area contributed by atoms with Crippen molar-refractivity contribution in [1.82, 2.24) is 19.5 Å². The molecule has 4 nitrogen and oxygen atoms in total. The molecule has 0 atom stereocenters. The summed E-state index contributed by atoms with van der Waals surface area (Å²) in [6.45, 7) is 0. The molecule has 0 unspecified atom stereocenters. The fourth-order valence-corrected chi connectivity index (χ4v) is 8.89. The van der Waals surface area contributed by atoms with E-state index < -0.39 is 5.41 Å². The Kier molecular flexibility index (Phi) is 7.36. The van der Waals surface area contributed by atoms with Crippen LogP contribution in [-0.2, 0) is 5.41 Å². The van der Waals surface area contributed by atoms with E-state index in [0.717, 1.165) is 38.5 Å². The summed E-state index contributed by atoms with van der Waals surface area (Å²) in [7, 11) is 0. The number of rotatable bonds is 6. The molecule has 8 aromatic carbocycles. The summed E-state index contributed by atoms with van der Waals surface area (Å²) in [5.74, 6) is 1.86. The van der Waals surface area contributed by atoms with E-state index in [1.807, 2.05) is 60.7 Å². The topological polar surface area (TPSA) is 43.6 Å². The zero-order valence-corrected chi connectivity index (χ0v) is 30.4. The lowest BCUT2D eigenvalue weighted by molar-refractivity contribution is 0.769. The van der Waals surface area contributed by atoms with Gasteiger partial charge in [0.1, 0.15) is 0 Å². The quantitative estimate of drug-likeness (QED) is 0.172. The van der Waals surface area contributed by atoms with Crippen LogP contribution in [0, 0.1) is 0 Å². The Bertz CT molecular complexity index is 2960. The molecule has 1 aliphatic rings. The number of hydrogen-bond donors (Lipinski definition) is 0. The predicted molar refractivity (Wildman–Crippen MR) is 228 cm³/mol. The normalized spacial score (nSPS) is 12.8. The second-order valence-electron chi connectivity index (χ2n) is 14.4. The first-order valence-corrected chi connectivity index (χ1v) is 19.0. The lowest BCUT2D eigenvalue weighted by atomic mass is 9.67. The number of para-hydroxylation sites is 1. The number of hydrogen-bond acceptors (Lipinski definition) is 3. The van der Waals surface area contributed by atoms with E-state index in [2.05, 4.69) is 150 Å². The van der Waals surface area contributed by atoms with E-state index in [4.69, 9.17) is 15.0 Å². The summed E-state index contributed by atoms with van der Waals surface area (Å²) in [5, 5.41) is 2.28. The maximum absolute atomic E-state index is 5.13. The van der Waals surface area contributed by atoms with Gasteiger partial charge in [0.15, 0.2) is 11.6 Å². The van der Waals surface area contributed by atoms with Gasteiger partial charge in [-0.25, -0.2) is 4.98 Å². The average Bonchev–Trinajstić information content (AvgIpc) is 3.77. The van der Waals surface area contributed by atoms with Gasteiger partial charge in [0.05, 0.1) is 16.4 Å². The summed E-state index contributed by atoms with van der Waals surface area (Å²) in [6.07, 6.45) is 0. The fraction of sp³-hybridized carbons (Fsp3) is 0.0192. The summed E-state index contributed by atoms with van der Waals surface area (Å²) in [4.78, 5) is 15.2. The summed E-state index contributed by atoms with van der Waals surface area (Å²) in [6, 6.07) is 73.5. The number of benzene rings is 8. The molecule has 2 aromatic heterocycles. The molecule has 262 valence electrons. The minimum Gasteiger partial charge on any atom is -0.278 e. The standard InChI is InChI=1S/C52H34N4/c1-5-17-35(18-6-1)49-53-50(36-19-7-2-8-20-36)55-51(54-49)56-47-28-16-14-26-43(47)44-33-37(30-32-48(44)56)38-29-31-42-41-25-13-15-27-45(41)52(46(42)34-38,39-21-9-3-10-22-39)40-23-11-4-12-24-40/h1-34H. The van der Waals surface area contributed by atoms with E-state index in [9.17, 15) is 0 Å². The first-order chi connectivity index (χ1) is 27.8. The fourth-order valence-electron chi connectivity index (χ4n) is 8.89. The smallest absolute Gasteiger partial charge is 0.238 e. The van der Waals surface area contributed by atoms with Gasteiger partial charge in [0, 0.05) is 21.9 Å². The van der Waals surface area contributed by atoms with Crippen molar-refractivity contribution in [2.45, 2.75) is 5.41 Å². The van der Waals surface area contributed by atoms with Gasteiger partial charge in [0.25, 0.3) is 0 Å². The average molecular weight is 715 g/mol. The lowest BCUT2D eigenvalue weighted by Gasteiger charge is -2.34. The Labute approximate surface area is 325 Å². The van der Waals surface area contributed by atoms with Crippen molar-refractivity contribution in [1.29, 1.82) is 0 Å². The molecule has 0 bridgehead atoms. The molecule has 10 aromatic rings. The highest BCUT2D eigenvalue weighted by atomic mass is 15.2. The van der Waals surface area contributed by atoms with Crippen LogP contribution in [0.4, 0.5) is 0 Å². The highest BCUT2D eigenvalue weighted by Crippen LogP contribution is 2.56. The van der Waals surface area contributed by atoms with Crippen molar-refractivity contribution < 1.29 is 0 Å². The zero-order valence-electron chi connectivity index (χ0n) is 30.4. The molecule has 0 aliphatic heterocycles. The van der Waals surface area contributed by atoms with Crippen LogP contribution in [0.15, 0.2) is 206 Å². The molecule has 0 amide bonds. The largest absolute Gasteiger partial charge is 0.278 e. The minimum atomic E-state index is -0.462. The molecule has 0 saturated heterocycles. The Morgan fingerprint density at radius 3 is 1.50 bits per heavy atom. The van der Waals surface area contributed by atoms with Gasteiger partial charge in [-0.2, -0.15) is 9.97 Å². The maximum atomic E-state index is 5.13. The Balaban J connectivity index is 1.12. The van der Waals surface area contributed by atoms with Crippen LogP contribution in [0.1, 0.15) is 22.3 Å². The summed E-state index contributed by atoms with van der Waals surface area (Å²) in [5.41, 5.74) is 13.5. The van der Waals surface area contributed by atoms with Gasteiger partial charge in [-0.1, -0.05) is 182 Å². The molecule has 2 heterocycles. The first-order valence-electron chi connectivity index (χ1n) is 19.0. The zero-order chi connectivity index (χ0) is 37.1. The predicted octanol–water partition coefficient (Wildman–Crippen LogP) is 12.3. The number of nitrogens with zero attached hydrogens (tertiary/aromatic N) is 4. The number of aromatic nitrogens is 4. The molecule has 0 spiro atoms. The molecule has 4 heteroatoms. The van der Waals surface area contributed by atoms with E-state index in [-0.39, 0.29) is 0 Å². The van der Waals surface area contributed by atoms with Crippen molar-refractivity contribution in [3.8, 4) is 51.0 Å². The molecule has 1 aliphatic carbocycles. The van der Waals surface area contributed by atoms with E-state index in [1.165, 1.54) is 38.9 Å². The Hall–Kier alpha value is -7.43. The number of fused-ring (bicyclic) bond motifs is 6. The first kappa shape index (κ1) is 32.0. The van der Waals surface area contributed by atoms with Crippen LogP contribution in [0.2, 0.25) is 0 Å². The van der Waals surface area contributed by atoms with Crippen LogP contribution in [0.25, 0.3) is 72.8 Å². The molecular formula is C52H34N4. The Morgan fingerprint density at radius 2 is 0.839 bits per heavy atom. The molecule has 11 rings (SSSR count). The van der Waals surface area contributed by atoms with Crippen LogP contribution in [-0.4, -0.2) is 19.5 Å². The third-order valence-corrected chi connectivity index (χ3v) is 11.4. The molecule has 0 N–H and O–H groups in total. The van der Waals surface area contributed by atoms with E-state index in [1.54, 1.807) is 0 Å². The molecule has 56 heavy (non-hydrogen) atoms. The van der Waals surface area contributed by atoms with Crippen molar-refractivity contribution in [2.75, 3.05) is 0 Å².